The molecule has 2 fully saturated rings. The van der Waals surface area contributed by atoms with E-state index in [1.807, 2.05) is 0 Å². The minimum Gasteiger partial charge on any atom is -0.473 e. The second-order valence-corrected chi connectivity index (χ2v) is 6.00. The Labute approximate surface area is 129 Å². The van der Waals surface area contributed by atoms with Crippen molar-refractivity contribution in [2.75, 3.05) is 19.8 Å². The molecule has 1 aliphatic heterocycles. The van der Waals surface area contributed by atoms with E-state index in [1.54, 1.807) is 6.07 Å². The third-order valence-corrected chi connectivity index (χ3v) is 4.04. The van der Waals surface area contributed by atoms with E-state index in [-0.39, 0.29) is 12.0 Å². The van der Waals surface area contributed by atoms with Gasteiger partial charge >= 0.3 is 0 Å². The molecule has 1 N–H and O–H groups in total. The first-order chi connectivity index (χ1) is 10.2. The van der Waals surface area contributed by atoms with Gasteiger partial charge in [-0.3, -0.25) is 4.79 Å². The highest BCUT2D eigenvalue weighted by atomic mass is 35.5. The van der Waals surface area contributed by atoms with Crippen LogP contribution in [-0.4, -0.2) is 36.8 Å². The molecule has 0 aromatic carbocycles. The lowest BCUT2D eigenvalue weighted by Crippen LogP contribution is -2.27. The number of amides is 1. The highest BCUT2D eigenvalue weighted by Gasteiger charge is 2.22. The Morgan fingerprint density at radius 3 is 2.81 bits per heavy atom. The van der Waals surface area contributed by atoms with E-state index in [0.717, 1.165) is 19.4 Å². The van der Waals surface area contributed by atoms with E-state index in [4.69, 9.17) is 21.1 Å². The molecule has 114 valence electrons. The van der Waals surface area contributed by atoms with Crippen molar-refractivity contribution in [1.29, 1.82) is 0 Å². The quantitative estimate of drug-likeness (QED) is 0.907. The number of ether oxygens (including phenoxy) is 2. The molecule has 1 aliphatic carbocycles. The fourth-order valence-electron chi connectivity index (χ4n) is 2.25. The summed E-state index contributed by atoms with van der Waals surface area (Å²) in [5, 5.41) is 3.27. The highest BCUT2D eigenvalue weighted by molar-refractivity contribution is 6.32. The molecule has 0 radical (unpaired) electrons. The average Bonchev–Trinajstić information content (AvgIpc) is 3.32. The van der Waals surface area contributed by atoms with Crippen LogP contribution >= 0.6 is 11.6 Å². The molecule has 0 atom stereocenters. The van der Waals surface area contributed by atoms with Gasteiger partial charge in [0.25, 0.3) is 5.91 Å². The van der Waals surface area contributed by atoms with Crippen molar-refractivity contribution >= 4 is 17.5 Å². The number of rotatable bonds is 5. The average molecular weight is 311 g/mol. The van der Waals surface area contributed by atoms with E-state index in [9.17, 15) is 4.79 Å². The first-order valence-corrected chi connectivity index (χ1v) is 7.78. The molecule has 1 saturated carbocycles. The molecule has 0 unspecified atom stereocenters. The van der Waals surface area contributed by atoms with Crippen LogP contribution in [0.25, 0.3) is 0 Å². The summed E-state index contributed by atoms with van der Waals surface area (Å²) in [5.74, 6) is 0.907. The SMILES string of the molecule is O=C(NCC1CC1)c1cnc(OC2CCOCC2)c(Cl)c1. The molecule has 21 heavy (non-hydrogen) atoms. The lowest BCUT2D eigenvalue weighted by atomic mass is 10.1. The summed E-state index contributed by atoms with van der Waals surface area (Å²) < 4.78 is 11.1. The summed E-state index contributed by atoms with van der Waals surface area (Å²) in [6.07, 6.45) is 5.68. The largest absolute Gasteiger partial charge is 0.473 e. The lowest BCUT2D eigenvalue weighted by molar-refractivity contribution is 0.0238. The molecule has 2 heterocycles. The third-order valence-electron chi connectivity index (χ3n) is 3.76. The maximum Gasteiger partial charge on any atom is 0.252 e. The Morgan fingerprint density at radius 1 is 1.38 bits per heavy atom. The smallest absolute Gasteiger partial charge is 0.252 e. The van der Waals surface area contributed by atoms with Gasteiger partial charge < -0.3 is 14.8 Å². The number of nitrogens with zero attached hydrogens (tertiary/aromatic N) is 1. The van der Waals surface area contributed by atoms with Crippen LogP contribution in [0.2, 0.25) is 5.02 Å². The minimum atomic E-state index is -0.131. The van der Waals surface area contributed by atoms with Crippen molar-refractivity contribution < 1.29 is 14.3 Å². The summed E-state index contributed by atoms with van der Waals surface area (Å²) in [5.41, 5.74) is 0.472. The number of hydrogen-bond acceptors (Lipinski definition) is 4. The number of pyridine rings is 1. The van der Waals surface area contributed by atoms with Crippen LogP contribution in [0.5, 0.6) is 5.88 Å². The van der Waals surface area contributed by atoms with E-state index >= 15 is 0 Å². The number of nitrogens with one attached hydrogen (secondary N) is 1. The molecule has 1 saturated heterocycles. The van der Waals surface area contributed by atoms with Crippen molar-refractivity contribution in [1.82, 2.24) is 10.3 Å². The summed E-state index contributed by atoms with van der Waals surface area (Å²) in [6.45, 7) is 2.13. The fraction of sp³-hybridized carbons (Fsp3) is 0.600. The fourth-order valence-corrected chi connectivity index (χ4v) is 2.46. The Bertz CT molecular complexity index is 514. The minimum absolute atomic E-state index is 0.0818. The monoisotopic (exact) mass is 310 g/mol. The van der Waals surface area contributed by atoms with Gasteiger partial charge in [-0.15, -0.1) is 0 Å². The van der Waals surface area contributed by atoms with Crippen LogP contribution in [0.4, 0.5) is 0 Å². The number of hydrogen-bond donors (Lipinski definition) is 1. The van der Waals surface area contributed by atoms with Gasteiger partial charge in [-0.25, -0.2) is 4.98 Å². The van der Waals surface area contributed by atoms with Crippen LogP contribution in [-0.2, 0) is 4.74 Å². The van der Waals surface area contributed by atoms with Gasteiger partial charge in [0.15, 0.2) is 0 Å². The molecule has 6 heteroatoms. The van der Waals surface area contributed by atoms with Gasteiger partial charge in [0.2, 0.25) is 5.88 Å². The molecule has 0 bridgehead atoms. The summed E-state index contributed by atoms with van der Waals surface area (Å²) in [4.78, 5) is 16.1. The number of carbonyl (C=O) groups is 1. The Kier molecular flexibility index (Phi) is 4.60. The summed E-state index contributed by atoms with van der Waals surface area (Å²) in [7, 11) is 0. The van der Waals surface area contributed by atoms with Gasteiger partial charge in [-0.05, 0) is 24.8 Å². The number of halogens is 1. The Morgan fingerprint density at radius 2 is 2.14 bits per heavy atom. The standard InChI is InChI=1S/C15H19ClN2O3/c16-13-7-11(14(19)17-8-10-1-2-10)9-18-15(13)21-12-3-5-20-6-4-12/h7,9-10,12H,1-6,8H2,(H,17,19). The molecule has 2 aliphatic rings. The Hall–Kier alpha value is -1.33. The zero-order valence-corrected chi connectivity index (χ0v) is 12.6. The molecule has 0 spiro atoms. The first kappa shape index (κ1) is 14.6. The van der Waals surface area contributed by atoms with Crippen molar-refractivity contribution in [2.45, 2.75) is 31.8 Å². The van der Waals surface area contributed by atoms with E-state index in [1.165, 1.54) is 19.0 Å². The molecular weight excluding hydrogens is 292 g/mol. The van der Waals surface area contributed by atoms with Gasteiger partial charge in [-0.2, -0.15) is 0 Å². The molecule has 3 rings (SSSR count). The normalized spacial score (nSPS) is 19.3. The van der Waals surface area contributed by atoms with Gasteiger partial charge in [0, 0.05) is 25.6 Å². The first-order valence-electron chi connectivity index (χ1n) is 7.40. The van der Waals surface area contributed by atoms with Crippen LogP contribution in [0.15, 0.2) is 12.3 Å². The van der Waals surface area contributed by atoms with E-state index in [2.05, 4.69) is 10.3 Å². The summed E-state index contributed by atoms with van der Waals surface area (Å²) >= 11 is 6.17. The predicted molar refractivity (Wildman–Crippen MR) is 78.8 cm³/mol. The van der Waals surface area contributed by atoms with E-state index < -0.39 is 0 Å². The van der Waals surface area contributed by atoms with Crippen LogP contribution in [0, 0.1) is 5.92 Å². The van der Waals surface area contributed by atoms with Crippen molar-refractivity contribution in [3.63, 3.8) is 0 Å². The van der Waals surface area contributed by atoms with Gasteiger partial charge in [0.05, 0.1) is 18.8 Å². The maximum atomic E-state index is 12.0. The van der Waals surface area contributed by atoms with Gasteiger partial charge in [-0.1, -0.05) is 11.6 Å². The predicted octanol–water partition coefficient (Wildman–Crippen LogP) is 2.43. The topological polar surface area (TPSA) is 60.5 Å². The zero-order valence-electron chi connectivity index (χ0n) is 11.8. The van der Waals surface area contributed by atoms with Crippen molar-refractivity contribution in [3.8, 4) is 5.88 Å². The third kappa shape index (κ3) is 4.08. The molecular formula is C15H19ClN2O3. The second-order valence-electron chi connectivity index (χ2n) is 5.59. The second kappa shape index (κ2) is 6.62. The molecule has 1 amide bonds. The number of carbonyl (C=O) groups excluding carboxylic acids is 1. The zero-order chi connectivity index (χ0) is 14.7. The van der Waals surface area contributed by atoms with Crippen molar-refractivity contribution in [3.05, 3.63) is 22.8 Å². The molecule has 5 nitrogen and oxygen atoms in total. The van der Waals surface area contributed by atoms with Crippen LogP contribution in [0.3, 0.4) is 0 Å². The summed E-state index contributed by atoms with van der Waals surface area (Å²) in [6, 6.07) is 1.62. The van der Waals surface area contributed by atoms with Crippen molar-refractivity contribution in [2.24, 2.45) is 5.92 Å². The lowest BCUT2D eigenvalue weighted by Gasteiger charge is -2.23. The molecule has 1 aromatic heterocycles. The Balaban J connectivity index is 1.59. The highest BCUT2D eigenvalue weighted by Crippen LogP contribution is 2.28. The maximum absolute atomic E-state index is 12.0. The van der Waals surface area contributed by atoms with Crippen LogP contribution in [0.1, 0.15) is 36.0 Å². The molecule has 1 aromatic rings. The van der Waals surface area contributed by atoms with E-state index in [0.29, 0.717) is 35.6 Å². The van der Waals surface area contributed by atoms with Crippen LogP contribution < -0.4 is 10.1 Å². The number of aromatic nitrogens is 1. The van der Waals surface area contributed by atoms with Gasteiger partial charge in [0.1, 0.15) is 11.1 Å².